The van der Waals surface area contributed by atoms with Gasteiger partial charge >= 0.3 is 11.4 Å². The summed E-state index contributed by atoms with van der Waals surface area (Å²) in [7, 11) is 0. The average Bonchev–Trinajstić information content (AvgIpc) is 2.47. The molecule has 2 aliphatic heterocycles. The molecule has 0 unspecified atom stereocenters. The predicted octanol–water partition coefficient (Wildman–Crippen LogP) is 1.74. The monoisotopic (exact) mass is 323 g/mol. The summed E-state index contributed by atoms with van der Waals surface area (Å²) in [4.78, 5) is 22.6. The van der Waals surface area contributed by atoms with Crippen molar-refractivity contribution in [3.63, 3.8) is 0 Å². The SMILES string of the molecule is O=[N+]([O-])c1ccc(OC2CCN(C3COC3)CC2)cc1[N+](=O)[O-]. The van der Waals surface area contributed by atoms with Crippen LogP contribution in [0.4, 0.5) is 11.4 Å². The molecule has 0 bridgehead atoms. The Balaban J connectivity index is 1.63. The van der Waals surface area contributed by atoms with E-state index in [2.05, 4.69) is 4.90 Å². The summed E-state index contributed by atoms with van der Waals surface area (Å²) in [5, 5.41) is 21.8. The van der Waals surface area contributed by atoms with Crippen molar-refractivity contribution in [1.29, 1.82) is 0 Å². The number of likely N-dealkylation sites (tertiary alicyclic amines) is 1. The second-order valence-corrected chi connectivity index (χ2v) is 5.71. The maximum absolute atomic E-state index is 11.0. The molecular weight excluding hydrogens is 306 g/mol. The fourth-order valence-electron chi connectivity index (χ4n) is 2.86. The van der Waals surface area contributed by atoms with Crippen LogP contribution >= 0.6 is 0 Å². The van der Waals surface area contributed by atoms with Crippen LogP contribution in [0.2, 0.25) is 0 Å². The lowest BCUT2D eigenvalue weighted by Crippen LogP contribution is -2.52. The summed E-state index contributed by atoms with van der Waals surface area (Å²) in [5.41, 5.74) is -1.07. The van der Waals surface area contributed by atoms with Crippen molar-refractivity contribution in [1.82, 2.24) is 4.90 Å². The molecule has 2 aliphatic rings. The molecule has 0 aliphatic carbocycles. The van der Waals surface area contributed by atoms with Gasteiger partial charge in [-0.15, -0.1) is 0 Å². The number of nitro groups is 2. The Kier molecular flexibility index (Phi) is 4.39. The number of hydrogen-bond acceptors (Lipinski definition) is 7. The van der Waals surface area contributed by atoms with Crippen LogP contribution < -0.4 is 4.74 Å². The molecule has 0 saturated carbocycles. The minimum absolute atomic E-state index is 0.0340. The van der Waals surface area contributed by atoms with Crippen molar-refractivity contribution in [2.45, 2.75) is 25.0 Å². The molecule has 0 aromatic heterocycles. The van der Waals surface area contributed by atoms with Gasteiger partial charge in [0, 0.05) is 19.2 Å². The van der Waals surface area contributed by atoms with E-state index in [4.69, 9.17) is 9.47 Å². The van der Waals surface area contributed by atoms with E-state index in [0.717, 1.165) is 51.3 Å². The lowest BCUT2D eigenvalue weighted by Gasteiger charge is -2.41. The quantitative estimate of drug-likeness (QED) is 0.600. The van der Waals surface area contributed by atoms with Gasteiger partial charge in [0.15, 0.2) is 0 Å². The summed E-state index contributed by atoms with van der Waals surface area (Å²) in [5.74, 6) is 0.299. The third-order valence-electron chi connectivity index (χ3n) is 4.26. The van der Waals surface area contributed by atoms with Crippen molar-refractivity contribution < 1.29 is 19.3 Å². The van der Waals surface area contributed by atoms with E-state index in [-0.39, 0.29) is 6.10 Å². The van der Waals surface area contributed by atoms with Gasteiger partial charge in [-0.2, -0.15) is 0 Å². The molecule has 1 aromatic carbocycles. The Hall–Kier alpha value is -2.26. The van der Waals surface area contributed by atoms with Gasteiger partial charge in [0.05, 0.1) is 35.2 Å². The first-order chi connectivity index (χ1) is 11.0. The topological polar surface area (TPSA) is 108 Å². The Morgan fingerprint density at radius 3 is 2.26 bits per heavy atom. The number of nitro benzene ring substituents is 2. The Bertz CT molecular complexity index is 611. The van der Waals surface area contributed by atoms with Crippen LogP contribution in [0, 0.1) is 20.2 Å². The summed E-state index contributed by atoms with van der Waals surface area (Å²) in [6.45, 7) is 3.35. The maximum Gasteiger partial charge on any atom is 0.349 e. The highest BCUT2D eigenvalue weighted by Gasteiger charge is 2.31. The highest BCUT2D eigenvalue weighted by Crippen LogP contribution is 2.32. The molecule has 9 nitrogen and oxygen atoms in total. The van der Waals surface area contributed by atoms with Crippen molar-refractivity contribution in [2.24, 2.45) is 0 Å². The number of nitrogens with zero attached hydrogens (tertiary/aromatic N) is 3. The Morgan fingerprint density at radius 1 is 1.09 bits per heavy atom. The van der Waals surface area contributed by atoms with Crippen LogP contribution in [0.3, 0.4) is 0 Å². The first kappa shape index (κ1) is 15.6. The fourth-order valence-corrected chi connectivity index (χ4v) is 2.86. The first-order valence-corrected chi connectivity index (χ1v) is 7.46. The van der Waals surface area contributed by atoms with Crippen LogP contribution in [0.5, 0.6) is 5.75 Å². The maximum atomic E-state index is 11.0. The molecule has 9 heteroatoms. The van der Waals surface area contributed by atoms with Crippen molar-refractivity contribution in [3.05, 3.63) is 38.4 Å². The Labute approximate surface area is 132 Å². The van der Waals surface area contributed by atoms with Crippen LogP contribution in [-0.2, 0) is 4.74 Å². The third kappa shape index (κ3) is 3.40. The van der Waals surface area contributed by atoms with E-state index in [1.165, 1.54) is 6.07 Å². The largest absolute Gasteiger partial charge is 0.490 e. The highest BCUT2D eigenvalue weighted by atomic mass is 16.6. The number of benzene rings is 1. The van der Waals surface area contributed by atoms with E-state index in [9.17, 15) is 20.2 Å². The van der Waals surface area contributed by atoms with Gasteiger partial charge in [0.25, 0.3) is 0 Å². The third-order valence-corrected chi connectivity index (χ3v) is 4.26. The zero-order valence-corrected chi connectivity index (χ0v) is 12.4. The minimum Gasteiger partial charge on any atom is -0.490 e. The molecule has 3 rings (SSSR count). The molecule has 124 valence electrons. The molecule has 1 aromatic rings. The van der Waals surface area contributed by atoms with E-state index in [1.807, 2.05) is 0 Å². The summed E-state index contributed by atoms with van der Waals surface area (Å²) < 4.78 is 11.0. The highest BCUT2D eigenvalue weighted by molar-refractivity contribution is 5.55. The van der Waals surface area contributed by atoms with Gasteiger partial charge in [-0.25, -0.2) is 0 Å². The fraction of sp³-hybridized carbons (Fsp3) is 0.571. The van der Waals surface area contributed by atoms with E-state index in [1.54, 1.807) is 0 Å². The second kappa shape index (κ2) is 6.47. The van der Waals surface area contributed by atoms with Gasteiger partial charge in [-0.1, -0.05) is 0 Å². The van der Waals surface area contributed by atoms with Gasteiger partial charge in [-0.05, 0) is 18.9 Å². The average molecular weight is 323 g/mol. The van der Waals surface area contributed by atoms with Crippen LogP contribution in [0.25, 0.3) is 0 Å². The number of hydrogen-bond donors (Lipinski definition) is 0. The van der Waals surface area contributed by atoms with Gasteiger partial charge in [-0.3, -0.25) is 25.1 Å². The molecular formula is C14H17N3O6. The summed E-state index contributed by atoms with van der Waals surface area (Å²) >= 11 is 0. The molecule has 2 heterocycles. The molecule has 0 radical (unpaired) electrons. The minimum atomic E-state index is -0.763. The van der Waals surface area contributed by atoms with E-state index in [0.29, 0.717) is 11.8 Å². The first-order valence-electron chi connectivity index (χ1n) is 7.46. The lowest BCUT2D eigenvalue weighted by atomic mass is 10.0. The van der Waals surface area contributed by atoms with Gasteiger partial charge in [0.2, 0.25) is 0 Å². The summed E-state index contributed by atoms with van der Waals surface area (Å²) in [6, 6.07) is 4.16. The lowest BCUT2D eigenvalue weighted by molar-refractivity contribution is -0.422. The number of piperidine rings is 1. The normalized spacial score (nSPS) is 20.0. The number of ether oxygens (including phenoxy) is 2. The molecule has 23 heavy (non-hydrogen) atoms. The molecule has 0 N–H and O–H groups in total. The van der Waals surface area contributed by atoms with Gasteiger partial charge in [0.1, 0.15) is 11.9 Å². The predicted molar refractivity (Wildman–Crippen MR) is 79.6 cm³/mol. The molecule has 0 amide bonds. The van der Waals surface area contributed by atoms with E-state index >= 15 is 0 Å². The van der Waals surface area contributed by atoms with Crippen LogP contribution in [0.15, 0.2) is 18.2 Å². The van der Waals surface area contributed by atoms with Crippen molar-refractivity contribution in [2.75, 3.05) is 26.3 Å². The van der Waals surface area contributed by atoms with Crippen LogP contribution in [0.1, 0.15) is 12.8 Å². The number of rotatable bonds is 5. The molecule has 0 spiro atoms. The zero-order chi connectivity index (χ0) is 16.4. The van der Waals surface area contributed by atoms with Crippen molar-refractivity contribution >= 4 is 11.4 Å². The smallest absolute Gasteiger partial charge is 0.349 e. The Morgan fingerprint density at radius 2 is 1.74 bits per heavy atom. The zero-order valence-electron chi connectivity index (χ0n) is 12.4. The van der Waals surface area contributed by atoms with Crippen LogP contribution in [-0.4, -0.2) is 53.2 Å². The van der Waals surface area contributed by atoms with Crippen molar-refractivity contribution in [3.8, 4) is 5.75 Å². The summed E-state index contributed by atoms with van der Waals surface area (Å²) in [6.07, 6.45) is 1.61. The molecule has 2 saturated heterocycles. The second-order valence-electron chi connectivity index (χ2n) is 5.71. The molecule has 0 atom stereocenters. The standard InChI is InChI=1S/C14H17N3O6/c18-16(19)13-2-1-12(7-14(13)17(20)21)23-11-3-5-15(6-4-11)10-8-22-9-10/h1-2,7,10-11H,3-6,8-9H2. The van der Waals surface area contributed by atoms with E-state index < -0.39 is 21.2 Å². The molecule has 2 fully saturated rings. The van der Waals surface area contributed by atoms with Gasteiger partial charge < -0.3 is 9.47 Å².